The highest BCUT2D eigenvalue weighted by atomic mass is 16.2. The van der Waals surface area contributed by atoms with Gasteiger partial charge in [0.05, 0.1) is 0 Å². The van der Waals surface area contributed by atoms with Crippen molar-refractivity contribution in [1.82, 2.24) is 10.2 Å². The maximum absolute atomic E-state index is 12.2. The minimum atomic E-state index is 0.216. The van der Waals surface area contributed by atoms with Gasteiger partial charge < -0.3 is 10.2 Å². The summed E-state index contributed by atoms with van der Waals surface area (Å²) >= 11 is 0. The van der Waals surface area contributed by atoms with Crippen molar-refractivity contribution in [3.63, 3.8) is 0 Å². The molecular weight excluding hydrogens is 212 g/mol. The Morgan fingerprint density at radius 3 is 2.65 bits per heavy atom. The van der Waals surface area contributed by atoms with Gasteiger partial charge in [-0.25, -0.2) is 0 Å². The lowest BCUT2D eigenvalue weighted by atomic mass is 9.80. The molecule has 3 nitrogen and oxygen atoms in total. The topological polar surface area (TPSA) is 32.3 Å². The van der Waals surface area contributed by atoms with Crippen LogP contribution < -0.4 is 5.32 Å². The molecular formula is C14H28N2O. The normalized spacial score (nSPS) is 23.6. The van der Waals surface area contributed by atoms with Crippen molar-refractivity contribution in [2.45, 2.75) is 53.0 Å². The summed E-state index contributed by atoms with van der Waals surface area (Å²) in [4.78, 5) is 14.2. The van der Waals surface area contributed by atoms with Crippen LogP contribution in [-0.4, -0.2) is 37.0 Å². The number of nitrogens with zero attached hydrogens (tertiary/aromatic N) is 1. The van der Waals surface area contributed by atoms with E-state index in [-0.39, 0.29) is 5.41 Å². The summed E-state index contributed by atoms with van der Waals surface area (Å²) in [6.45, 7) is 10.6. The largest absolute Gasteiger partial charge is 0.341 e. The van der Waals surface area contributed by atoms with Crippen molar-refractivity contribution < 1.29 is 4.79 Å². The third-order valence-electron chi connectivity index (χ3n) is 4.14. The zero-order valence-electron chi connectivity index (χ0n) is 12.0. The average molecular weight is 240 g/mol. The van der Waals surface area contributed by atoms with E-state index < -0.39 is 0 Å². The Morgan fingerprint density at radius 2 is 2.12 bits per heavy atom. The van der Waals surface area contributed by atoms with Crippen LogP contribution in [0.4, 0.5) is 0 Å². The lowest BCUT2D eigenvalue weighted by Crippen LogP contribution is -2.47. The van der Waals surface area contributed by atoms with Gasteiger partial charge in [0.25, 0.3) is 0 Å². The second kappa shape index (κ2) is 5.85. The predicted octanol–water partition coefficient (Wildman–Crippen LogP) is 2.27. The molecule has 1 rings (SSSR count). The molecule has 1 saturated heterocycles. The first kappa shape index (κ1) is 14.5. The van der Waals surface area contributed by atoms with Crippen LogP contribution in [0.25, 0.3) is 0 Å². The average Bonchev–Trinajstić information content (AvgIpc) is 2.27. The van der Waals surface area contributed by atoms with Gasteiger partial charge in [0, 0.05) is 25.6 Å². The van der Waals surface area contributed by atoms with E-state index in [1.165, 1.54) is 6.42 Å². The van der Waals surface area contributed by atoms with Gasteiger partial charge in [0.15, 0.2) is 0 Å². The Labute approximate surface area is 106 Å². The molecule has 0 bridgehead atoms. The fourth-order valence-corrected chi connectivity index (χ4v) is 2.14. The van der Waals surface area contributed by atoms with Crippen LogP contribution >= 0.6 is 0 Å². The lowest BCUT2D eigenvalue weighted by Gasteiger charge is -2.35. The van der Waals surface area contributed by atoms with Crippen LogP contribution in [0.15, 0.2) is 0 Å². The summed E-state index contributed by atoms with van der Waals surface area (Å²) in [5, 5.41) is 3.28. The van der Waals surface area contributed by atoms with Gasteiger partial charge in [0.1, 0.15) is 0 Å². The second-order valence-corrected chi connectivity index (χ2v) is 6.44. The van der Waals surface area contributed by atoms with Gasteiger partial charge in [-0.3, -0.25) is 4.79 Å². The number of rotatable bonds is 3. The maximum Gasteiger partial charge on any atom is 0.222 e. The monoisotopic (exact) mass is 240 g/mol. The van der Waals surface area contributed by atoms with Crippen molar-refractivity contribution >= 4 is 5.91 Å². The Kier molecular flexibility index (Phi) is 4.99. The number of hydrogen-bond acceptors (Lipinski definition) is 2. The number of carbonyl (C=O) groups excluding carboxylic acids is 1. The molecule has 0 spiro atoms. The molecule has 0 radical (unpaired) electrons. The molecule has 0 aromatic rings. The third kappa shape index (κ3) is 4.30. The number of hydrogen-bond donors (Lipinski definition) is 1. The summed E-state index contributed by atoms with van der Waals surface area (Å²) < 4.78 is 0. The first-order chi connectivity index (χ1) is 7.84. The number of likely N-dealkylation sites (tertiary alicyclic amines) is 1. The van der Waals surface area contributed by atoms with Gasteiger partial charge in [-0.1, -0.05) is 27.7 Å². The van der Waals surface area contributed by atoms with Crippen LogP contribution in [0.2, 0.25) is 0 Å². The third-order valence-corrected chi connectivity index (χ3v) is 4.14. The maximum atomic E-state index is 12.2. The highest BCUT2D eigenvalue weighted by Crippen LogP contribution is 2.28. The smallest absolute Gasteiger partial charge is 0.222 e. The van der Waals surface area contributed by atoms with Crippen LogP contribution in [0.1, 0.15) is 47.0 Å². The fraction of sp³-hybridized carbons (Fsp3) is 0.929. The van der Waals surface area contributed by atoms with Crippen molar-refractivity contribution in [1.29, 1.82) is 0 Å². The summed E-state index contributed by atoms with van der Waals surface area (Å²) in [5.74, 6) is 0.761. The molecule has 1 amide bonds. The molecule has 0 aromatic heterocycles. The standard InChI is InChI=1S/C14H28N2O/c1-11(14(2,3)4)9-13(17)16-8-6-7-12(10-16)15-5/h11-12,15H,6-10H2,1-5H3. The van der Waals surface area contributed by atoms with E-state index in [1.807, 2.05) is 11.9 Å². The minimum Gasteiger partial charge on any atom is -0.341 e. The molecule has 0 aromatic carbocycles. The summed E-state index contributed by atoms with van der Waals surface area (Å²) in [6.07, 6.45) is 3.00. The lowest BCUT2D eigenvalue weighted by molar-refractivity contribution is -0.134. The predicted molar refractivity (Wildman–Crippen MR) is 71.9 cm³/mol. The van der Waals surface area contributed by atoms with Gasteiger partial charge in [-0.2, -0.15) is 0 Å². The molecule has 2 unspecified atom stereocenters. The molecule has 2 atom stereocenters. The Hall–Kier alpha value is -0.570. The zero-order chi connectivity index (χ0) is 13.1. The molecule has 0 saturated carbocycles. The van der Waals surface area contributed by atoms with Crippen LogP contribution in [0.5, 0.6) is 0 Å². The van der Waals surface area contributed by atoms with E-state index in [1.54, 1.807) is 0 Å². The second-order valence-electron chi connectivity index (χ2n) is 6.44. The number of piperidine rings is 1. The molecule has 17 heavy (non-hydrogen) atoms. The van der Waals surface area contributed by atoms with Gasteiger partial charge in [0.2, 0.25) is 5.91 Å². The van der Waals surface area contributed by atoms with Crippen molar-refractivity contribution in [2.75, 3.05) is 20.1 Å². The molecule has 1 aliphatic rings. The number of amides is 1. The summed E-state index contributed by atoms with van der Waals surface area (Å²) in [6, 6.07) is 0.484. The van der Waals surface area contributed by atoms with Gasteiger partial charge >= 0.3 is 0 Å². The number of carbonyl (C=O) groups is 1. The molecule has 1 aliphatic heterocycles. The Balaban J connectivity index is 2.47. The Bertz CT molecular complexity index is 257. The molecule has 1 fully saturated rings. The SMILES string of the molecule is CNC1CCCN(C(=O)CC(C)C(C)(C)C)C1. The van der Waals surface area contributed by atoms with Gasteiger partial charge in [-0.15, -0.1) is 0 Å². The first-order valence-corrected chi connectivity index (χ1v) is 6.79. The van der Waals surface area contributed by atoms with E-state index in [9.17, 15) is 4.79 Å². The number of likely N-dealkylation sites (N-methyl/N-ethyl adjacent to an activating group) is 1. The van der Waals surface area contributed by atoms with Crippen molar-refractivity contribution in [3.05, 3.63) is 0 Å². The highest BCUT2D eigenvalue weighted by molar-refractivity contribution is 5.76. The van der Waals surface area contributed by atoms with Crippen LogP contribution in [0, 0.1) is 11.3 Å². The summed E-state index contributed by atoms with van der Waals surface area (Å²) in [7, 11) is 1.98. The van der Waals surface area contributed by atoms with Crippen molar-refractivity contribution in [3.8, 4) is 0 Å². The van der Waals surface area contributed by atoms with Gasteiger partial charge in [-0.05, 0) is 31.2 Å². The first-order valence-electron chi connectivity index (χ1n) is 6.79. The van der Waals surface area contributed by atoms with E-state index in [0.29, 0.717) is 24.3 Å². The van der Waals surface area contributed by atoms with E-state index in [2.05, 4.69) is 33.0 Å². The zero-order valence-corrected chi connectivity index (χ0v) is 12.0. The summed E-state index contributed by atoms with van der Waals surface area (Å²) in [5.41, 5.74) is 0.216. The number of nitrogens with one attached hydrogen (secondary N) is 1. The molecule has 0 aliphatic carbocycles. The molecule has 3 heteroatoms. The van der Waals surface area contributed by atoms with Crippen LogP contribution in [0.3, 0.4) is 0 Å². The van der Waals surface area contributed by atoms with Crippen molar-refractivity contribution in [2.24, 2.45) is 11.3 Å². The van der Waals surface area contributed by atoms with E-state index >= 15 is 0 Å². The quantitative estimate of drug-likeness (QED) is 0.821. The minimum absolute atomic E-state index is 0.216. The molecule has 1 heterocycles. The van der Waals surface area contributed by atoms with Crippen LogP contribution in [-0.2, 0) is 4.79 Å². The van der Waals surface area contributed by atoms with E-state index in [4.69, 9.17) is 0 Å². The fourth-order valence-electron chi connectivity index (χ4n) is 2.14. The molecule has 100 valence electrons. The Morgan fingerprint density at radius 1 is 1.47 bits per heavy atom. The highest BCUT2D eigenvalue weighted by Gasteiger charge is 2.27. The van der Waals surface area contributed by atoms with E-state index in [0.717, 1.165) is 19.5 Å². The molecule has 1 N–H and O–H groups in total.